The van der Waals surface area contributed by atoms with Gasteiger partial charge in [0.1, 0.15) is 11.9 Å². The summed E-state index contributed by atoms with van der Waals surface area (Å²) in [5.41, 5.74) is -0.979. The molecule has 6 nitrogen and oxygen atoms in total. The standard InChI is InChI=1S/C15H17ClF3N3O3/c1-2-3-4-11(14(24)25)22-12(23)5-6-20-13-10(16)7-9(8-21-13)15(17,18)19/h2,7-8,11H,1,3-6H2,(H,20,21)(H,22,23)(H,24,25). The molecule has 0 aliphatic rings. The highest BCUT2D eigenvalue weighted by atomic mass is 35.5. The first-order valence-electron chi connectivity index (χ1n) is 7.24. The Bertz CT molecular complexity index is 638. The van der Waals surface area contributed by atoms with Crippen LogP contribution in [-0.4, -0.2) is 34.6 Å². The number of carbonyl (C=O) groups excluding carboxylic acids is 1. The molecule has 0 aromatic carbocycles. The van der Waals surface area contributed by atoms with E-state index in [1.807, 2.05) is 0 Å². The molecule has 0 fully saturated rings. The van der Waals surface area contributed by atoms with Crippen LogP contribution in [0.2, 0.25) is 5.02 Å². The summed E-state index contributed by atoms with van der Waals surface area (Å²) in [5, 5.41) is 13.8. The Morgan fingerprint density at radius 3 is 2.64 bits per heavy atom. The molecule has 1 heterocycles. The lowest BCUT2D eigenvalue weighted by Crippen LogP contribution is -2.41. The number of rotatable bonds is 9. The minimum Gasteiger partial charge on any atom is -0.480 e. The van der Waals surface area contributed by atoms with Crippen molar-refractivity contribution in [2.24, 2.45) is 0 Å². The fraction of sp³-hybridized carbons (Fsp3) is 0.400. The van der Waals surface area contributed by atoms with Gasteiger partial charge in [-0.2, -0.15) is 13.2 Å². The van der Waals surface area contributed by atoms with Gasteiger partial charge in [0.2, 0.25) is 5.91 Å². The zero-order chi connectivity index (χ0) is 19.0. The van der Waals surface area contributed by atoms with Crippen LogP contribution in [0.3, 0.4) is 0 Å². The summed E-state index contributed by atoms with van der Waals surface area (Å²) in [5.74, 6) is -1.67. The van der Waals surface area contributed by atoms with Crippen molar-refractivity contribution in [3.8, 4) is 0 Å². The molecule has 1 unspecified atom stereocenters. The van der Waals surface area contributed by atoms with Gasteiger partial charge in [0.25, 0.3) is 0 Å². The van der Waals surface area contributed by atoms with Crippen LogP contribution in [0.4, 0.5) is 19.0 Å². The summed E-state index contributed by atoms with van der Waals surface area (Å²) in [6, 6.07) is -0.300. The Labute approximate surface area is 147 Å². The minimum absolute atomic E-state index is 0.00362. The average molecular weight is 380 g/mol. The highest BCUT2D eigenvalue weighted by Gasteiger charge is 2.31. The first-order valence-corrected chi connectivity index (χ1v) is 7.62. The van der Waals surface area contributed by atoms with E-state index in [0.29, 0.717) is 12.6 Å². The van der Waals surface area contributed by atoms with Crippen LogP contribution >= 0.6 is 11.6 Å². The van der Waals surface area contributed by atoms with Crippen molar-refractivity contribution in [2.45, 2.75) is 31.5 Å². The third-order valence-electron chi connectivity index (χ3n) is 3.11. The Balaban J connectivity index is 2.52. The van der Waals surface area contributed by atoms with E-state index in [1.54, 1.807) is 6.08 Å². The second kappa shape index (κ2) is 9.26. The normalized spacial score (nSPS) is 12.3. The van der Waals surface area contributed by atoms with Crippen molar-refractivity contribution in [1.82, 2.24) is 10.3 Å². The Kier molecular flexibility index (Phi) is 7.69. The molecule has 138 valence electrons. The number of alkyl halides is 3. The van der Waals surface area contributed by atoms with Crippen molar-refractivity contribution in [3.05, 3.63) is 35.5 Å². The smallest absolute Gasteiger partial charge is 0.417 e. The molecular weight excluding hydrogens is 363 g/mol. The van der Waals surface area contributed by atoms with E-state index in [2.05, 4.69) is 22.2 Å². The van der Waals surface area contributed by atoms with E-state index in [9.17, 15) is 22.8 Å². The van der Waals surface area contributed by atoms with Gasteiger partial charge in [0, 0.05) is 19.2 Å². The Hall–Kier alpha value is -2.29. The van der Waals surface area contributed by atoms with E-state index in [4.69, 9.17) is 16.7 Å². The van der Waals surface area contributed by atoms with Gasteiger partial charge >= 0.3 is 12.1 Å². The number of amides is 1. The molecule has 10 heteroatoms. The highest BCUT2D eigenvalue weighted by Crippen LogP contribution is 2.32. The van der Waals surface area contributed by atoms with Gasteiger partial charge in [-0.15, -0.1) is 6.58 Å². The maximum atomic E-state index is 12.5. The van der Waals surface area contributed by atoms with Gasteiger partial charge in [-0.1, -0.05) is 17.7 Å². The second-order valence-electron chi connectivity index (χ2n) is 5.05. The van der Waals surface area contributed by atoms with Crippen LogP contribution in [0.15, 0.2) is 24.9 Å². The maximum Gasteiger partial charge on any atom is 0.417 e. The first-order chi connectivity index (χ1) is 11.6. The van der Waals surface area contributed by atoms with E-state index in [1.165, 1.54) is 0 Å². The lowest BCUT2D eigenvalue weighted by molar-refractivity contribution is -0.142. The van der Waals surface area contributed by atoms with Gasteiger partial charge in [-0.05, 0) is 18.9 Å². The number of hydrogen-bond donors (Lipinski definition) is 3. The van der Waals surface area contributed by atoms with E-state index in [-0.39, 0.29) is 30.2 Å². The molecule has 0 aliphatic heterocycles. The number of hydrogen-bond acceptors (Lipinski definition) is 4. The number of aromatic nitrogens is 1. The number of carbonyl (C=O) groups is 2. The molecule has 0 spiro atoms. The minimum atomic E-state index is -4.55. The summed E-state index contributed by atoms with van der Waals surface area (Å²) >= 11 is 5.72. The molecule has 1 amide bonds. The summed E-state index contributed by atoms with van der Waals surface area (Å²) < 4.78 is 37.5. The Morgan fingerprint density at radius 1 is 1.44 bits per heavy atom. The summed E-state index contributed by atoms with van der Waals surface area (Å²) in [7, 11) is 0. The van der Waals surface area contributed by atoms with Crippen molar-refractivity contribution in [1.29, 1.82) is 0 Å². The number of nitrogens with one attached hydrogen (secondary N) is 2. The Morgan fingerprint density at radius 2 is 2.12 bits per heavy atom. The molecule has 1 aromatic rings. The quantitative estimate of drug-likeness (QED) is 0.573. The van der Waals surface area contributed by atoms with Crippen molar-refractivity contribution in [2.75, 3.05) is 11.9 Å². The number of anilines is 1. The predicted octanol–water partition coefficient (Wildman–Crippen LogP) is 3.09. The molecule has 25 heavy (non-hydrogen) atoms. The number of pyridine rings is 1. The van der Waals surface area contributed by atoms with Gasteiger partial charge < -0.3 is 15.7 Å². The van der Waals surface area contributed by atoms with Gasteiger partial charge in [0.15, 0.2) is 0 Å². The average Bonchev–Trinajstić information content (AvgIpc) is 2.51. The summed E-state index contributed by atoms with van der Waals surface area (Å²) in [6.45, 7) is 3.50. The third-order valence-corrected chi connectivity index (χ3v) is 3.39. The van der Waals surface area contributed by atoms with Gasteiger partial charge in [-0.25, -0.2) is 9.78 Å². The predicted molar refractivity (Wildman–Crippen MR) is 86.4 cm³/mol. The number of carboxylic acids is 1. The molecule has 0 saturated heterocycles. The molecule has 0 saturated carbocycles. The van der Waals surface area contributed by atoms with Gasteiger partial charge in [-0.3, -0.25) is 4.79 Å². The third kappa shape index (κ3) is 7.00. The van der Waals surface area contributed by atoms with E-state index in [0.717, 1.165) is 6.07 Å². The monoisotopic (exact) mass is 379 g/mol. The van der Waals surface area contributed by atoms with E-state index >= 15 is 0 Å². The molecule has 0 bridgehead atoms. The lowest BCUT2D eigenvalue weighted by atomic mass is 10.1. The van der Waals surface area contributed by atoms with Crippen LogP contribution in [-0.2, 0) is 15.8 Å². The molecule has 3 N–H and O–H groups in total. The fourth-order valence-corrected chi connectivity index (χ4v) is 2.06. The zero-order valence-corrected chi connectivity index (χ0v) is 13.8. The summed E-state index contributed by atoms with van der Waals surface area (Å²) in [4.78, 5) is 26.3. The number of carboxylic acid groups (broad SMARTS) is 1. The fourth-order valence-electron chi connectivity index (χ4n) is 1.83. The molecular formula is C15H17ClF3N3O3. The van der Waals surface area contributed by atoms with Crippen LogP contribution in [0.1, 0.15) is 24.8 Å². The second-order valence-corrected chi connectivity index (χ2v) is 5.46. The van der Waals surface area contributed by atoms with E-state index < -0.39 is 29.7 Å². The molecule has 0 radical (unpaired) electrons. The SMILES string of the molecule is C=CCCC(NC(=O)CCNc1ncc(C(F)(F)F)cc1Cl)C(=O)O. The molecule has 1 rings (SSSR count). The number of halogens is 4. The number of nitrogens with zero attached hydrogens (tertiary/aromatic N) is 1. The number of aliphatic carboxylic acids is 1. The van der Waals surface area contributed by atoms with Crippen LogP contribution in [0, 0.1) is 0 Å². The van der Waals surface area contributed by atoms with Crippen molar-refractivity contribution in [3.63, 3.8) is 0 Å². The number of allylic oxidation sites excluding steroid dienone is 1. The zero-order valence-electron chi connectivity index (χ0n) is 13.1. The van der Waals surface area contributed by atoms with Crippen molar-refractivity contribution >= 4 is 29.3 Å². The maximum absolute atomic E-state index is 12.5. The van der Waals surface area contributed by atoms with Crippen LogP contribution < -0.4 is 10.6 Å². The lowest BCUT2D eigenvalue weighted by Gasteiger charge is -2.14. The molecule has 1 aromatic heterocycles. The van der Waals surface area contributed by atoms with Gasteiger partial charge in [0.05, 0.1) is 10.6 Å². The van der Waals surface area contributed by atoms with Crippen LogP contribution in [0.5, 0.6) is 0 Å². The highest BCUT2D eigenvalue weighted by molar-refractivity contribution is 6.32. The first kappa shape index (κ1) is 20.8. The van der Waals surface area contributed by atoms with Crippen LogP contribution in [0.25, 0.3) is 0 Å². The largest absolute Gasteiger partial charge is 0.480 e. The van der Waals surface area contributed by atoms with Crippen molar-refractivity contribution < 1.29 is 27.9 Å². The molecule has 0 aliphatic carbocycles. The summed E-state index contributed by atoms with van der Waals surface area (Å²) in [6.07, 6.45) is -1.83. The topological polar surface area (TPSA) is 91.3 Å². The molecule has 1 atom stereocenters.